The maximum atomic E-state index is 12.4. The first-order valence-electron chi connectivity index (χ1n) is 9.11. The molecule has 0 atom stereocenters. The lowest BCUT2D eigenvalue weighted by atomic mass is 9.99. The van der Waals surface area contributed by atoms with E-state index in [9.17, 15) is 26.4 Å². The molecule has 0 saturated heterocycles. The molecule has 7 nitrogen and oxygen atoms in total. The zero-order valence-corrected chi connectivity index (χ0v) is 16.7. The van der Waals surface area contributed by atoms with Crippen molar-refractivity contribution in [2.24, 2.45) is 0 Å². The number of carbonyl (C=O) groups is 1. The van der Waals surface area contributed by atoms with Crippen LogP contribution in [0.2, 0.25) is 0 Å². The number of rotatable bonds is 7. The Labute approximate surface area is 171 Å². The Kier molecular flexibility index (Phi) is 6.49. The summed E-state index contributed by atoms with van der Waals surface area (Å²) in [6.45, 7) is 0.635. The summed E-state index contributed by atoms with van der Waals surface area (Å²) in [5, 5.41) is 0. The highest BCUT2D eigenvalue weighted by atomic mass is 32.2. The van der Waals surface area contributed by atoms with Gasteiger partial charge >= 0.3 is 6.18 Å². The summed E-state index contributed by atoms with van der Waals surface area (Å²) in [6.07, 6.45) is -2.35. The minimum Gasteiger partial charge on any atom is -0.482 e. The van der Waals surface area contributed by atoms with Crippen LogP contribution in [0.4, 0.5) is 18.9 Å². The van der Waals surface area contributed by atoms with Crippen molar-refractivity contribution in [1.82, 2.24) is 9.88 Å². The largest absolute Gasteiger partial charge is 0.482 e. The maximum absolute atomic E-state index is 12.4. The topological polar surface area (TPSA) is 88.6 Å². The third kappa shape index (κ3) is 6.34. The van der Waals surface area contributed by atoms with Crippen molar-refractivity contribution in [3.8, 4) is 5.75 Å². The molecule has 162 valence electrons. The van der Waals surface area contributed by atoms with Gasteiger partial charge in [-0.3, -0.25) is 14.5 Å². The number of pyridine rings is 1. The molecule has 1 amide bonds. The highest BCUT2D eigenvalue weighted by Crippen LogP contribution is 2.25. The van der Waals surface area contributed by atoms with E-state index in [0.29, 0.717) is 25.3 Å². The zero-order valence-electron chi connectivity index (χ0n) is 15.9. The molecule has 3 rings (SSSR count). The van der Waals surface area contributed by atoms with Crippen molar-refractivity contribution in [2.45, 2.75) is 25.6 Å². The van der Waals surface area contributed by atoms with Gasteiger partial charge in [0.15, 0.2) is 6.61 Å². The minimum absolute atomic E-state index is 0.127. The number of anilines is 1. The van der Waals surface area contributed by atoms with Gasteiger partial charge in [-0.25, -0.2) is 8.42 Å². The number of carbonyl (C=O) groups excluding carboxylic acids is 1. The molecular weight excluding hydrogens is 423 g/mol. The molecule has 0 fully saturated rings. The van der Waals surface area contributed by atoms with Crippen LogP contribution in [-0.2, 0) is 27.8 Å². The quantitative estimate of drug-likeness (QED) is 0.711. The van der Waals surface area contributed by atoms with E-state index in [1.807, 2.05) is 0 Å². The first kappa shape index (κ1) is 21.9. The first-order valence-corrected chi connectivity index (χ1v) is 10.8. The second-order valence-corrected chi connectivity index (χ2v) is 8.65. The summed E-state index contributed by atoms with van der Waals surface area (Å²) in [4.78, 5) is 17.9. The second-order valence-electron chi connectivity index (χ2n) is 6.81. The van der Waals surface area contributed by atoms with E-state index in [1.54, 1.807) is 35.4 Å². The zero-order chi connectivity index (χ0) is 21.8. The smallest absolute Gasteiger partial charge is 0.390 e. The number of nitrogens with one attached hydrogen (secondary N) is 1. The van der Waals surface area contributed by atoms with E-state index in [0.717, 1.165) is 11.1 Å². The van der Waals surface area contributed by atoms with Crippen LogP contribution in [0.25, 0.3) is 0 Å². The molecule has 2 heterocycles. The Morgan fingerprint density at radius 3 is 2.73 bits per heavy atom. The van der Waals surface area contributed by atoms with Crippen LogP contribution >= 0.6 is 0 Å². The normalized spacial score (nSPS) is 14.2. The highest BCUT2D eigenvalue weighted by molar-refractivity contribution is 7.92. The van der Waals surface area contributed by atoms with Gasteiger partial charge in [0, 0.05) is 25.0 Å². The molecule has 0 unspecified atom stereocenters. The fourth-order valence-electron chi connectivity index (χ4n) is 2.98. The molecule has 0 bridgehead atoms. The Bertz CT molecular complexity index is 998. The number of nitrogens with zero attached hydrogens (tertiary/aromatic N) is 2. The Balaban J connectivity index is 1.57. The molecule has 0 aliphatic carbocycles. The fourth-order valence-corrected chi connectivity index (χ4v) is 4.07. The Morgan fingerprint density at radius 1 is 1.23 bits per heavy atom. The number of alkyl halides is 3. The number of benzene rings is 1. The predicted octanol–water partition coefficient (Wildman–Crippen LogP) is 2.74. The number of amides is 1. The monoisotopic (exact) mass is 443 g/mol. The molecule has 11 heteroatoms. The number of ether oxygens (including phenoxy) is 1. The van der Waals surface area contributed by atoms with Crippen molar-refractivity contribution >= 4 is 21.6 Å². The molecule has 2 aromatic rings. The van der Waals surface area contributed by atoms with Gasteiger partial charge in [-0.2, -0.15) is 13.2 Å². The third-order valence-electron chi connectivity index (χ3n) is 4.50. The number of sulfonamides is 1. The molecule has 1 aliphatic rings. The summed E-state index contributed by atoms with van der Waals surface area (Å²) >= 11 is 0. The van der Waals surface area contributed by atoms with Crippen LogP contribution in [0.5, 0.6) is 5.75 Å². The molecule has 1 aromatic carbocycles. The Hall–Kier alpha value is -2.82. The molecule has 30 heavy (non-hydrogen) atoms. The van der Waals surface area contributed by atoms with Gasteiger partial charge in [0.05, 0.1) is 18.4 Å². The van der Waals surface area contributed by atoms with Crippen molar-refractivity contribution < 1.29 is 31.1 Å². The molecule has 1 aliphatic heterocycles. The third-order valence-corrected chi connectivity index (χ3v) is 5.78. The average Bonchev–Trinajstić information content (AvgIpc) is 2.70. The van der Waals surface area contributed by atoms with E-state index in [-0.39, 0.29) is 18.2 Å². The van der Waals surface area contributed by atoms with E-state index in [2.05, 4.69) is 9.71 Å². The maximum Gasteiger partial charge on any atom is 0.390 e. The van der Waals surface area contributed by atoms with Gasteiger partial charge in [-0.15, -0.1) is 0 Å². The van der Waals surface area contributed by atoms with Crippen molar-refractivity contribution in [2.75, 3.05) is 23.6 Å². The van der Waals surface area contributed by atoms with E-state index >= 15 is 0 Å². The van der Waals surface area contributed by atoms with Gasteiger partial charge < -0.3 is 9.64 Å². The lowest BCUT2D eigenvalue weighted by Crippen LogP contribution is -2.38. The van der Waals surface area contributed by atoms with Crippen LogP contribution < -0.4 is 9.46 Å². The standard InChI is InChI=1S/C19H20F3N3O4S/c20-19(21,22)6-9-30(27,28)24-16-4-3-15-12-25(8-5-14(15)10-16)18(26)13-29-17-2-1-7-23-11-17/h1-4,7,10-11,24H,5-6,8-9,12-13H2. The summed E-state index contributed by atoms with van der Waals surface area (Å²) in [5.41, 5.74) is 1.88. The predicted molar refractivity (Wildman–Crippen MR) is 103 cm³/mol. The number of hydrogen-bond acceptors (Lipinski definition) is 5. The van der Waals surface area contributed by atoms with Gasteiger partial charge in [-0.05, 0) is 41.8 Å². The number of aromatic nitrogens is 1. The fraction of sp³-hybridized carbons (Fsp3) is 0.368. The van der Waals surface area contributed by atoms with Crippen molar-refractivity contribution in [3.63, 3.8) is 0 Å². The average molecular weight is 443 g/mol. The molecule has 1 N–H and O–H groups in total. The highest BCUT2D eigenvalue weighted by Gasteiger charge is 2.30. The lowest BCUT2D eigenvalue weighted by Gasteiger charge is -2.29. The number of halogens is 3. The molecule has 0 spiro atoms. The van der Waals surface area contributed by atoms with E-state index < -0.39 is 28.4 Å². The molecule has 1 aromatic heterocycles. The summed E-state index contributed by atoms with van der Waals surface area (Å²) < 4.78 is 68.1. The number of fused-ring (bicyclic) bond motifs is 1. The van der Waals surface area contributed by atoms with Crippen molar-refractivity contribution in [1.29, 1.82) is 0 Å². The van der Waals surface area contributed by atoms with Gasteiger partial charge in [0.25, 0.3) is 5.91 Å². The second kappa shape index (κ2) is 8.90. The van der Waals surface area contributed by atoms with Crippen LogP contribution in [0.15, 0.2) is 42.7 Å². The summed E-state index contributed by atoms with van der Waals surface area (Å²) in [5.74, 6) is -0.737. The Morgan fingerprint density at radius 2 is 2.03 bits per heavy atom. The van der Waals surface area contributed by atoms with Crippen LogP contribution in [0, 0.1) is 0 Å². The van der Waals surface area contributed by atoms with Crippen LogP contribution in [0.1, 0.15) is 17.5 Å². The first-order chi connectivity index (χ1) is 14.1. The summed E-state index contributed by atoms with van der Waals surface area (Å²) in [6, 6.07) is 8.13. The van der Waals surface area contributed by atoms with E-state index in [1.165, 1.54) is 12.3 Å². The van der Waals surface area contributed by atoms with Crippen LogP contribution in [0.3, 0.4) is 0 Å². The molecular formula is C19H20F3N3O4S. The lowest BCUT2D eigenvalue weighted by molar-refractivity contribution is -0.134. The van der Waals surface area contributed by atoms with Gasteiger partial charge in [-0.1, -0.05) is 6.07 Å². The van der Waals surface area contributed by atoms with Crippen LogP contribution in [-0.4, -0.2) is 49.3 Å². The SMILES string of the molecule is O=C(COc1cccnc1)N1CCc2cc(NS(=O)(=O)CCC(F)(F)F)ccc2C1. The van der Waals surface area contributed by atoms with E-state index in [4.69, 9.17) is 4.74 Å². The van der Waals surface area contributed by atoms with Gasteiger partial charge in [0.1, 0.15) is 5.75 Å². The molecule has 0 saturated carbocycles. The minimum atomic E-state index is -4.54. The van der Waals surface area contributed by atoms with Gasteiger partial charge in [0.2, 0.25) is 10.0 Å². The van der Waals surface area contributed by atoms with Crippen molar-refractivity contribution in [3.05, 3.63) is 53.9 Å². The molecule has 0 radical (unpaired) electrons. The number of hydrogen-bond donors (Lipinski definition) is 1. The summed E-state index contributed by atoms with van der Waals surface area (Å²) in [7, 11) is -4.11.